The highest BCUT2D eigenvalue weighted by molar-refractivity contribution is 6.05. The minimum absolute atomic E-state index is 0.135. The molecule has 0 bridgehead atoms. The van der Waals surface area contributed by atoms with Gasteiger partial charge in [0.1, 0.15) is 18.0 Å². The zero-order valence-electron chi connectivity index (χ0n) is 22.8. The highest BCUT2D eigenvalue weighted by Gasteiger charge is 2.35. The Morgan fingerprint density at radius 2 is 1.82 bits per heavy atom. The second-order valence-electron chi connectivity index (χ2n) is 9.64. The first-order valence-electron chi connectivity index (χ1n) is 13.4. The molecule has 2 aromatic carbocycles. The van der Waals surface area contributed by atoms with Crippen LogP contribution in [0.2, 0.25) is 0 Å². The van der Waals surface area contributed by atoms with E-state index in [-0.39, 0.29) is 30.2 Å². The molecule has 10 nitrogen and oxygen atoms in total. The Hall–Kier alpha value is -4.15. The molecule has 1 atom stereocenters. The number of hydrogen-bond donors (Lipinski definition) is 0. The van der Waals surface area contributed by atoms with Crippen LogP contribution in [-0.2, 0) is 9.53 Å². The Morgan fingerprint density at radius 1 is 1.02 bits per heavy atom. The van der Waals surface area contributed by atoms with Crippen molar-refractivity contribution in [1.29, 1.82) is 0 Å². The molecule has 2 aliphatic heterocycles. The van der Waals surface area contributed by atoms with Crippen LogP contribution in [0.1, 0.15) is 34.1 Å². The summed E-state index contributed by atoms with van der Waals surface area (Å²) in [4.78, 5) is 31.0. The van der Waals surface area contributed by atoms with Crippen molar-refractivity contribution < 1.29 is 28.2 Å². The van der Waals surface area contributed by atoms with Crippen LogP contribution in [-0.4, -0.2) is 92.5 Å². The fraction of sp³-hybridized carbons (Fsp3) is 0.367. The monoisotopic (exact) mass is 546 g/mol. The number of hydrazone groups is 1. The Labute approximate surface area is 233 Å². The van der Waals surface area contributed by atoms with Crippen LogP contribution in [0.25, 0.3) is 0 Å². The van der Waals surface area contributed by atoms with Crippen LogP contribution in [0.3, 0.4) is 0 Å². The summed E-state index contributed by atoms with van der Waals surface area (Å²) in [5.74, 6) is 0.864. The average Bonchev–Trinajstić information content (AvgIpc) is 3.71. The third-order valence-corrected chi connectivity index (χ3v) is 7.20. The first-order valence-corrected chi connectivity index (χ1v) is 13.4. The van der Waals surface area contributed by atoms with Gasteiger partial charge in [0.2, 0.25) is 0 Å². The van der Waals surface area contributed by atoms with E-state index < -0.39 is 0 Å². The van der Waals surface area contributed by atoms with Gasteiger partial charge in [-0.05, 0) is 29.8 Å². The summed E-state index contributed by atoms with van der Waals surface area (Å²) in [6, 6.07) is 18.3. The number of furan rings is 1. The van der Waals surface area contributed by atoms with Crippen LogP contribution in [0, 0.1) is 0 Å². The SMILES string of the molecule is COc1ccc(C2=NN(C(=O)CN(CCN3CCOCC3)C(=O)c3ccco3)C(c3ccccc3)C2)c(OC)c1. The summed E-state index contributed by atoms with van der Waals surface area (Å²) in [7, 11) is 3.19. The van der Waals surface area contributed by atoms with E-state index in [9.17, 15) is 9.59 Å². The molecule has 5 rings (SSSR count). The molecule has 210 valence electrons. The van der Waals surface area contributed by atoms with Crippen LogP contribution < -0.4 is 9.47 Å². The number of rotatable bonds is 10. The summed E-state index contributed by atoms with van der Waals surface area (Å²) >= 11 is 0. The van der Waals surface area contributed by atoms with Gasteiger partial charge >= 0.3 is 0 Å². The predicted molar refractivity (Wildman–Crippen MR) is 149 cm³/mol. The van der Waals surface area contributed by atoms with Gasteiger partial charge in [-0.15, -0.1) is 0 Å². The Morgan fingerprint density at radius 3 is 2.52 bits per heavy atom. The standard InChI is InChI=1S/C30H34N4O6/c1-37-23-10-11-24(28(19-23)38-2)25-20-26(22-7-4-3-5-8-22)34(31-25)29(35)21-33(30(36)27-9-6-16-40-27)13-12-32-14-17-39-18-15-32/h3-11,16,19,26H,12-15,17-18,20-21H2,1-2H3. The molecule has 0 spiro atoms. The van der Waals surface area contributed by atoms with E-state index in [1.54, 1.807) is 37.3 Å². The maximum absolute atomic E-state index is 13.9. The van der Waals surface area contributed by atoms with E-state index in [0.29, 0.717) is 44.2 Å². The van der Waals surface area contributed by atoms with Gasteiger partial charge in [-0.1, -0.05) is 30.3 Å². The fourth-order valence-corrected chi connectivity index (χ4v) is 5.01. The van der Waals surface area contributed by atoms with E-state index in [2.05, 4.69) is 4.90 Å². The molecule has 2 amide bonds. The second-order valence-corrected chi connectivity index (χ2v) is 9.64. The zero-order valence-corrected chi connectivity index (χ0v) is 22.8. The normalized spacial score (nSPS) is 17.4. The first-order chi connectivity index (χ1) is 19.6. The summed E-state index contributed by atoms with van der Waals surface area (Å²) in [5.41, 5.74) is 2.47. The van der Waals surface area contributed by atoms with E-state index in [1.807, 2.05) is 42.5 Å². The van der Waals surface area contributed by atoms with E-state index in [4.69, 9.17) is 23.7 Å². The summed E-state index contributed by atoms with van der Waals surface area (Å²) in [6.45, 7) is 3.75. The van der Waals surface area contributed by atoms with Crippen LogP contribution in [0.15, 0.2) is 76.4 Å². The Kier molecular flexibility index (Phi) is 8.78. The van der Waals surface area contributed by atoms with Gasteiger partial charge in [0, 0.05) is 44.2 Å². The van der Waals surface area contributed by atoms with Crippen molar-refractivity contribution in [3.63, 3.8) is 0 Å². The van der Waals surface area contributed by atoms with Gasteiger partial charge in [-0.3, -0.25) is 14.5 Å². The van der Waals surface area contributed by atoms with Gasteiger partial charge in [0.05, 0.1) is 45.5 Å². The number of carbonyl (C=O) groups is 2. The number of ether oxygens (including phenoxy) is 3. The lowest BCUT2D eigenvalue weighted by Gasteiger charge is -2.30. The molecule has 40 heavy (non-hydrogen) atoms. The second kappa shape index (κ2) is 12.8. The lowest BCUT2D eigenvalue weighted by molar-refractivity contribution is -0.133. The minimum Gasteiger partial charge on any atom is -0.497 e. The van der Waals surface area contributed by atoms with E-state index >= 15 is 0 Å². The molecule has 0 N–H and O–H groups in total. The minimum atomic E-state index is -0.330. The number of morpholine rings is 1. The van der Waals surface area contributed by atoms with Crippen molar-refractivity contribution in [3.05, 3.63) is 83.8 Å². The van der Waals surface area contributed by atoms with Crippen molar-refractivity contribution in [2.24, 2.45) is 5.10 Å². The van der Waals surface area contributed by atoms with Crippen LogP contribution >= 0.6 is 0 Å². The number of hydrogen-bond acceptors (Lipinski definition) is 8. The topological polar surface area (TPSA) is 97.1 Å². The van der Waals surface area contributed by atoms with Gasteiger partial charge in [0.15, 0.2) is 5.76 Å². The summed E-state index contributed by atoms with van der Waals surface area (Å²) in [5, 5.41) is 6.30. The van der Waals surface area contributed by atoms with Crippen molar-refractivity contribution in [1.82, 2.24) is 14.8 Å². The van der Waals surface area contributed by atoms with Crippen molar-refractivity contribution in [2.75, 3.05) is 60.2 Å². The molecule has 0 aliphatic carbocycles. The molecular formula is C30H34N4O6. The Balaban J connectivity index is 1.41. The molecule has 1 fully saturated rings. The molecule has 0 radical (unpaired) electrons. The number of amides is 2. The number of nitrogens with zero attached hydrogens (tertiary/aromatic N) is 4. The third kappa shape index (κ3) is 6.19. The summed E-state index contributed by atoms with van der Waals surface area (Å²) in [6.07, 6.45) is 1.96. The van der Waals surface area contributed by atoms with Crippen molar-refractivity contribution >= 4 is 17.5 Å². The molecule has 1 aromatic heterocycles. The average molecular weight is 547 g/mol. The maximum Gasteiger partial charge on any atom is 0.290 e. The quantitative estimate of drug-likeness (QED) is 0.384. The Bertz CT molecular complexity index is 1320. The van der Waals surface area contributed by atoms with Crippen molar-refractivity contribution in [2.45, 2.75) is 12.5 Å². The molecule has 1 saturated heterocycles. The third-order valence-electron chi connectivity index (χ3n) is 7.20. The van der Waals surface area contributed by atoms with Gasteiger partial charge in [-0.2, -0.15) is 5.10 Å². The summed E-state index contributed by atoms with van der Waals surface area (Å²) < 4.78 is 21.8. The van der Waals surface area contributed by atoms with E-state index in [1.165, 1.54) is 11.3 Å². The smallest absolute Gasteiger partial charge is 0.290 e. The van der Waals surface area contributed by atoms with Gasteiger partial charge < -0.3 is 23.5 Å². The van der Waals surface area contributed by atoms with E-state index in [0.717, 1.165) is 29.9 Å². The molecule has 3 aromatic rings. The fourth-order valence-electron chi connectivity index (χ4n) is 5.01. The van der Waals surface area contributed by atoms with Gasteiger partial charge in [0.25, 0.3) is 11.8 Å². The lowest BCUT2D eigenvalue weighted by atomic mass is 9.98. The maximum atomic E-state index is 13.9. The predicted octanol–water partition coefficient (Wildman–Crippen LogP) is 3.45. The molecule has 2 aliphatic rings. The lowest BCUT2D eigenvalue weighted by Crippen LogP contribution is -2.46. The molecule has 1 unspecified atom stereocenters. The largest absolute Gasteiger partial charge is 0.497 e. The van der Waals surface area contributed by atoms with Crippen molar-refractivity contribution in [3.8, 4) is 11.5 Å². The molecule has 3 heterocycles. The molecule has 10 heteroatoms. The first kappa shape index (κ1) is 27.4. The van der Waals surface area contributed by atoms with Crippen LogP contribution in [0.4, 0.5) is 0 Å². The van der Waals surface area contributed by atoms with Gasteiger partial charge in [-0.25, -0.2) is 5.01 Å². The molecular weight excluding hydrogens is 512 g/mol. The number of benzene rings is 2. The zero-order chi connectivity index (χ0) is 27.9. The highest BCUT2D eigenvalue weighted by Crippen LogP contribution is 2.36. The number of carbonyl (C=O) groups excluding carboxylic acids is 2. The molecule has 0 saturated carbocycles. The van der Waals surface area contributed by atoms with Crippen LogP contribution in [0.5, 0.6) is 11.5 Å². The number of methoxy groups -OCH3 is 2. The highest BCUT2D eigenvalue weighted by atomic mass is 16.5.